The molecule has 0 N–H and O–H groups in total. The third kappa shape index (κ3) is 1.88. The quantitative estimate of drug-likeness (QED) is 0.622. The molecule has 1 fully saturated rings. The van der Waals surface area contributed by atoms with Gasteiger partial charge in [0.25, 0.3) is 0 Å². The fourth-order valence-corrected chi connectivity index (χ4v) is 2.62. The van der Waals surface area contributed by atoms with Crippen molar-refractivity contribution in [2.75, 3.05) is 14.2 Å². The zero-order chi connectivity index (χ0) is 13.2. The van der Waals surface area contributed by atoms with Crippen molar-refractivity contribution in [1.82, 2.24) is 0 Å². The van der Waals surface area contributed by atoms with Crippen LogP contribution in [-0.2, 0) is 10.3 Å². The number of ether oxygens (including phenoxy) is 2. The molecule has 4 nitrogen and oxygen atoms in total. The molecule has 0 unspecified atom stereocenters. The molecule has 0 heterocycles. The standard InChI is InChI=1S/C13H14ClNO3/c1-17-10-5-4-9(12(18-2)11(10)14)13(15-8-16)6-3-7-13/h4-5H,3,6-7H2,1-2H3. The molecule has 0 amide bonds. The van der Waals surface area contributed by atoms with E-state index in [0.717, 1.165) is 24.8 Å². The monoisotopic (exact) mass is 267 g/mol. The summed E-state index contributed by atoms with van der Waals surface area (Å²) in [5.74, 6) is 1.07. The van der Waals surface area contributed by atoms with Crippen molar-refractivity contribution in [1.29, 1.82) is 0 Å². The molecule has 1 aromatic rings. The summed E-state index contributed by atoms with van der Waals surface area (Å²) in [6, 6.07) is 3.62. The Kier molecular flexibility index (Phi) is 3.60. The lowest BCUT2D eigenvalue weighted by atomic mass is 9.72. The van der Waals surface area contributed by atoms with Gasteiger partial charge in [0, 0.05) is 5.56 Å². The maximum atomic E-state index is 10.6. The third-order valence-electron chi connectivity index (χ3n) is 3.43. The molecule has 0 radical (unpaired) electrons. The largest absolute Gasteiger partial charge is 0.495 e. The van der Waals surface area contributed by atoms with Gasteiger partial charge in [0.15, 0.2) is 0 Å². The normalized spacial score (nSPS) is 16.4. The van der Waals surface area contributed by atoms with Crippen molar-refractivity contribution in [3.63, 3.8) is 0 Å². The number of isocyanates is 1. The number of rotatable bonds is 4. The number of hydrogen-bond donors (Lipinski definition) is 0. The predicted molar refractivity (Wildman–Crippen MR) is 68.2 cm³/mol. The van der Waals surface area contributed by atoms with Crippen LogP contribution in [0, 0.1) is 0 Å². The highest BCUT2D eigenvalue weighted by atomic mass is 35.5. The topological polar surface area (TPSA) is 47.9 Å². The summed E-state index contributed by atoms with van der Waals surface area (Å²) in [4.78, 5) is 14.6. The number of benzene rings is 1. The lowest BCUT2D eigenvalue weighted by molar-refractivity contribution is 0.245. The van der Waals surface area contributed by atoms with E-state index in [1.54, 1.807) is 26.4 Å². The van der Waals surface area contributed by atoms with Crippen LogP contribution in [0.25, 0.3) is 0 Å². The Labute approximate surface area is 111 Å². The zero-order valence-electron chi connectivity index (χ0n) is 10.3. The zero-order valence-corrected chi connectivity index (χ0v) is 11.1. The van der Waals surface area contributed by atoms with E-state index in [4.69, 9.17) is 21.1 Å². The molecule has 2 rings (SSSR count). The summed E-state index contributed by atoms with van der Waals surface area (Å²) in [6.07, 6.45) is 4.29. The van der Waals surface area contributed by atoms with Gasteiger partial charge >= 0.3 is 0 Å². The summed E-state index contributed by atoms with van der Waals surface area (Å²) in [7, 11) is 3.09. The average molecular weight is 268 g/mol. The molecule has 0 spiro atoms. The van der Waals surface area contributed by atoms with Crippen LogP contribution in [0.4, 0.5) is 0 Å². The maximum absolute atomic E-state index is 10.6. The van der Waals surface area contributed by atoms with Gasteiger partial charge in [-0.1, -0.05) is 11.6 Å². The molecule has 1 aromatic carbocycles. The van der Waals surface area contributed by atoms with E-state index in [9.17, 15) is 4.79 Å². The van der Waals surface area contributed by atoms with Gasteiger partial charge in [-0.3, -0.25) is 0 Å². The fourth-order valence-electron chi connectivity index (χ4n) is 2.30. The van der Waals surface area contributed by atoms with Crippen molar-refractivity contribution in [3.05, 3.63) is 22.7 Å². The molecule has 96 valence electrons. The Balaban J connectivity index is 2.57. The van der Waals surface area contributed by atoms with Crippen molar-refractivity contribution >= 4 is 17.7 Å². The maximum Gasteiger partial charge on any atom is 0.235 e. The molecule has 1 saturated carbocycles. The molecular weight excluding hydrogens is 254 g/mol. The molecule has 0 bridgehead atoms. The summed E-state index contributed by atoms with van der Waals surface area (Å²) in [6.45, 7) is 0. The molecule has 0 aliphatic heterocycles. The first kappa shape index (κ1) is 12.9. The van der Waals surface area contributed by atoms with Gasteiger partial charge < -0.3 is 9.47 Å². The fraction of sp³-hybridized carbons (Fsp3) is 0.462. The van der Waals surface area contributed by atoms with E-state index < -0.39 is 5.54 Å². The second-order valence-corrected chi connectivity index (χ2v) is 4.63. The molecule has 1 aliphatic carbocycles. The van der Waals surface area contributed by atoms with Crippen LogP contribution in [0.1, 0.15) is 24.8 Å². The number of carbonyl (C=O) groups excluding carboxylic acids is 1. The van der Waals surface area contributed by atoms with E-state index >= 15 is 0 Å². The molecule has 0 saturated heterocycles. The van der Waals surface area contributed by atoms with Crippen LogP contribution in [0.15, 0.2) is 17.1 Å². The first-order valence-corrected chi connectivity index (χ1v) is 6.06. The van der Waals surface area contributed by atoms with Crippen LogP contribution in [0.3, 0.4) is 0 Å². The predicted octanol–water partition coefficient (Wildman–Crippen LogP) is 3.07. The lowest BCUT2D eigenvalue weighted by Crippen LogP contribution is -2.32. The van der Waals surface area contributed by atoms with E-state index in [1.807, 2.05) is 6.07 Å². The molecule has 5 heteroatoms. The molecule has 1 aliphatic rings. The van der Waals surface area contributed by atoms with Gasteiger partial charge in [0.2, 0.25) is 6.08 Å². The summed E-state index contributed by atoms with van der Waals surface area (Å²) in [5.41, 5.74) is 0.300. The Hall–Kier alpha value is -1.51. The number of nitrogens with zero attached hydrogens (tertiary/aromatic N) is 1. The second kappa shape index (κ2) is 5.01. The van der Waals surface area contributed by atoms with Crippen LogP contribution in [-0.4, -0.2) is 20.3 Å². The summed E-state index contributed by atoms with van der Waals surface area (Å²) >= 11 is 6.21. The Morgan fingerprint density at radius 1 is 1.33 bits per heavy atom. The van der Waals surface area contributed by atoms with Gasteiger partial charge in [-0.25, -0.2) is 4.79 Å². The molecular formula is C13H14ClNO3. The molecule has 18 heavy (non-hydrogen) atoms. The highest BCUT2D eigenvalue weighted by Gasteiger charge is 2.42. The minimum Gasteiger partial charge on any atom is -0.495 e. The summed E-state index contributed by atoms with van der Waals surface area (Å²) in [5, 5.41) is 0.407. The Morgan fingerprint density at radius 3 is 2.50 bits per heavy atom. The highest BCUT2D eigenvalue weighted by molar-refractivity contribution is 6.33. The van der Waals surface area contributed by atoms with Crippen molar-refractivity contribution < 1.29 is 14.3 Å². The summed E-state index contributed by atoms with van der Waals surface area (Å²) < 4.78 is 10.5. The van der Waals surface area contributed by atoms with Gasteiger partial charge in [-0.2, -0.15) is 4.99 Å². The van der Waals surface area contributed by atoms with Gasteiger partial charge in [-0.05, 0) is 31.4 Å². The minimum atomic E-state index is -0.525. The van der Waals surface area contributed by atoms with E-state index in [2.05, 4.69) is 4.99 Å². The van der Waals surface area contributed by atoms with Crippen LogP contribution < -0.4 is 9.47 Å². The van der Waals surface area contributed by atoms with E-state index in [0.29, 0.717) is 16.5 Å². The van der Waals surface area contributed by atoms with Gasteiger partial charge in [0.1, 0.15) is 22.1 Å². The lowest BCUT2D eigenvalue weighted by Gasteiger charge is -2.38. The number of methoxy groups -OCH3 is 2. The third-order valence-corrected chi connectivity index (χ3v) is 3.79. The van der Waals surface area contributed by atoms with Crippen molar-refractivity contribution in [2.24, 2.45) is 4.99 Å². The van der Waals surface area contributed by atoms with E-state index in [-0.39, 0.29) is 0 Å². The van der Waals surface area contributed by atoms with Crippen LogP contribution in [0.5, 0.6) is 11.5 Å². The average Bonchev–Trinajstić information content (AvgIpc) is 2.33. The first-order valence-electron chi connectivity index (χ1n) is 5.68. The molecule has 0 atom stereocenters. The molecule has 0 aromatic heterocycles. The van der Waals surface area contributed by atoms with Crippen molar-refractivity contribution in [2.45, 2.75) is 24.8 Å². The smallest absolute Gasteiger partial charge is 0.235 e. The highest BCUT2D eigenvalue weighted by Crippen LogP contribution is 2.51. The second-order valence-electron chi connectivity index (χ2n) is 4.25. The Bertz CT molecular complexity index is 505. The number of aliphatic imine (C=N–C) groups is 1. The van der Waals surface area contributed by atoms with Gasteiger partial charge in [0.05, 0.1) is 14.2 Å². The minimum absolute atomic E-state index is 0.407. The van der Waals surface area contributed by atoms with Crippen LogP contribution >= 0.6 is 11.6 Å². The number of halogens is 1. The SMILES string of the molecule is COc1ccc(C2(N=C=O)CCC2)c(OC)c1Cl. The van der Waals surface area contributed by atoms with Crippen LogP contribution in [0.2, 0.25) is 5.02 Å². The van der Waals surface area contributed by atoms with Crippen molar-refractivity contribution in [3.8, 4) is 11.5 Å². The first-order chi connectivity index (χ1) is 8.68. The van der Waals surface area contributed by atoms with E-state index in [1.165, 1.54) is 0 Å². The Morgan fingerprint density at radius 2 is 2.06 bits per heavy atom. The van der Waals surface area contributed by atoms with Gasteiger partial charge in [-0.15, -0.1) is 0 Å². The number of hydrogen-bond acceptors (Lipinski definition) is 4.